The number of ether oxygens (including phenoxy) is 4. The summed E-state index contributed by atoms with van der Waals surface area (Å²) >= 11 is 7.56. The number of hydrogen-bond acceptors (Lipinski definition) is 8. The summed E-state index contributed by atoms with van der Waals surface area (Å²) in [5, 5.41) is 0.627. The summed E-state index contributed by atoms with van der Waals surface area (Å²) in [6.07, 6.45) is 1.79. The van der Waals surface area contributed by atoms with Crippen molar-refractivity contribution in [3.63, 3.8) is 0 Å². The summed E-state index contributed by atoms with van der Waals surface area (Å²) in [7, 11) is 0. The van der Waals surface area contributed by atoms with E-state index >= 15 is 0 Å². The number of carbonyl (C=O) groups is 1. The quantitative estimate of drug-likeness (QED) is 0.193. The molecule has 10 heteroatoms. The molecule has 0 unspecified atom stereocenters. The summed E-state index contributed by atoms with van der Waals surface area (Å²) in [6, 6.07) is 19.7. The van der Waals surface area contributed by atoms with E-state index in [0.29, 0.717) is 56.1 Å². The van der Waals surface area contributed by atoms with Gasteiger partial charge < -0.3 is 18.9 Å². The van der Waals surface area contributed by atoms with E-state index in [9.17, 15) is 9.59 Å². The van der Waals surface area contributed by atoms with Gasteiger partial charge in [0.05, 0.1) is 41.7 Å². The van der Waals surface area contributed by atoms with Crippen molar-refractivity contribution in [3.8, 4) is 17.2 Å². The Morgan fingerprint density at radius 1 is 0.955 bits per heavy atom. The Hall–Kier alpha value is -4.34. The first-order chi connectivity index (χ1) is 21.3. The number of allylic oxidation sites excluding steroid dienone is 1. The van der Waals surface area contributed by atoms with Crippen LogP contribution in [0.5, 0.6) is 17.2 Å². The molecule has 0 fully saturated rings. The number of halogens is 1. The van der Waals surface area contributed by atoms with Crippen LogP contribution in [0.2, 0.25) is 5.02 Å². The van der Waals surface area contributed by atoms with Gasteiger partial charge in [-0.25, -0.2) is 9.79 Å². The monoisotopic (exact) mass is 632 g/mol. The molecule has 1 aromatic heterocycles. The van der Waals surface area contributed by atoms with Crippen molar-refractivity contribution < 1.29 is 23.7 Å². The van der Waals surface area contributed by atoms with Gasteiger partial charge in [0.1, 0.15) is 12.4 Å². The molecular weight excluding hydrogens is 600 g/mol. The highest BCUT2D eigenvalue weighted by Crippen LogP contribution is 2.32. The lowest BCUT2D eigenvalue weighted by atomic mass is 9.96. The standard InChI is InChI=1S/C34H33ClN2O6S/c1-5-40-25-15-13-23(14-16-25)31-30(33(39)42-7-3)21(4)36-34-37(31)32(38)29(44-34)19-22-12-17-27(28(18-22)41-6-2)43-20-24-10-8-9-11-26(24)35/h8-19,31H,5-7,20H2,1-4H3/b29-19-/t31-/m0/s1. The third-order valence-electron chi connectivity index (χ3n) is 6.93. The van der Waals surface area contributed by atoms with Crippen molar-refractivity contribution in [1.29, 1.82) is 0 Å². The minimum atomic E-state index is -0.706. The zero-order chi connectivity index (χ0) is 31.2. The van der Waals surface area contributed by atoms with Crippen LogP contribution < -0.4 is 29.1 Å². The first kappa shape index (κ1) is 31.1. The van der Waals surface area contributed by atoms with E-state index in [-0.39, 0.29) is 18.8 Å². The van der Waals surface area contributed by atoms with Gasteiger partial charge in [-0.05, 0) is 75.2 Å². The molecule has 1 atom stereocenters. The number of carbonyl (C=O) groups excluding carboxylic acids is 1. The van der Waals surface area contributed by atoms with Gasteiger partial charge in [-0.3, -0.25) is 9.36 Å². The molecular formula is C34H33ClN2O6S. The number of nitrogens with zero attached hydrogens (tertiary/aromatic N) is 2. The van der Waals surface area contributed by atoms with Crippen molar-refractivity contribution in [2.24, 2.45) is 4.99 Å². The molecule has 8 nitrogen and oxygen atoms in total. The zero-order valence-corrected chi connectivity index (χ0v) is 26.5. The van der Waals surface area contributed by atoms with Crippen molar-refractivity contribution >= 4 is 35.0 Å². The van der Waals surface area contributed by atoms with Gasteiger partial charge in [0.2, 0.25) is 0 Å². The number of benzene rings is 3. The van der Waals surface area contributed by atoms with Crippen molar-refractivity contribution in [3.05, 3.63) is 119 Å². The fraction of sp³-hybridized carbons (Fsp3) is 0.265. The summed E-state index contributed by atoms with van der Waals surface area (Å²) in [5.74, 6) is 1.31. The van der Waals surface area contributed by atoms with Crippen LogP contribution in [0.1, 0.15) is 50.4 Å². The van der Waals surface area contributed by atoms with Gasteiger partial charge in [-0.1, -0.05) is 59.3 Å². The summed E-state index contributed by atoms with van der Waals surface area (Å²) < 4.78 is 24.9. The SMILES string of the molecule is CCOC(=O)C1=C(C)N=c2s/c(=C\c3ccc(OCc4ccccc4Cl)c(OCC)c3)c(=O)n2[C@H]1c1ccc(OCC)cc1. The fourth-order valence-electron chi connectivity index (χ4n) is 4.94. The van der Waals surface area contributed by atoms with Crippen LogP contribution in [0.15, 0.2) is 87.8 Å². The Balaban J connectivity index is 1.55. The molecule has 0 saturated carbocycles. The van der Waals surface area contributed by atoms with E-state index in [0.717, 1.165) is 16.7 Å². The Morgan fingerprint density at radius 2 is 1.70 bits per heavy atom. The lowest BCUT2D eigenvalue weighted by Gasteiger charge is -2.24. The van der Waals surface area contributed by atoms with Gasteiger partial charge in [-0.2, -0.15) is 0 Å². The molecule has 1 aliphatic heterocycles. The normalized spacial score (nSPS) is 14.6. The minimum Gasteiger partial charge on any atom is -0.494 e. The molecule has 0 aliphatic carbocycles. The van der Waals surface area contributed by atoms with Crippen molar-refractivity contribution in [1.82, 2.24) is 4.57 Å². The summed E-state index contributed by atoms with van der Waals surface area (Å²) in [5.41, 5.74) is 2.93. The first-order valence-corrected chi connectivity index (χ1v) is 15.6. The molecule has 0 radical (unpaired) electrons. The number of rotatable bonds is 11. The molecule has 0 amide bonds. The van der Waals surface area contributed by atoms with Crippen molar-refractivity contribution in [2.75, 3.05) is 19.8 Å². The lowest BCUT2D eigenvalue weighted by Crippen LogP contribution is -2.39. The molecule has 0 saturated heterocycles. The van der Waals surface area contributed by atoms with Gasteiger partial charge in [-0.15, -0.1) is 0 Å². The number of esters is 1. The molecule has 3 aromatic carbocycles. The number of fused-ring (bicyclic) bond motifs is 1. The van der Waals surface area contributed by atoms with Gasteiger partial charge in [0.15, 0.2) is 16.3 Å². The number of aromatic nitrogens is 1. The third kappa shape index (κ3) is 6.59. The lowest BCUT2D eigenvalue weighted by molar-refractivity contribution is -0.139. The van der Waals surface area contributed by atoms with Crippen LogP contribution in [0, 0.1) is 0 Å². The largest absolute Gasteiger partial charge is 0.494 e. The smallest absolute Gasteiger partial charge is 0.338 e. The second-order valence-corrected chi connectivity index (χ2v) is 11.2. The molecule has 5 rings (SSSR count). The predicted molar refractivity (Wildman–Crippen MR) is 171 cm³/mol. The Labute approximate surface area is 264 Å². The highest BCUT2D eigenvalue weighted by Gasteiger charge is 2.33. The zero-order valence-electron chi connectivity index (χ0n) is 25.0. The third-order valence-corrected chi connectivity index (χ3v) is 8.28. The molecule has 2 heterocycles. The highest BCUT2D eigenvalue weighted by atomic mass is 35.5. The molecule has 1 aliphatic rings. The van der Waals surface area contributed by atoms with Crippen LogP contribution in [0.25, 0.3) is 6.08 Å². The summed E-state index contributed by atoms with van der Waals surface area (Å²) in [6.45, 7) is 8.77. The summed E-state index contributed by atoms with van der Waals surface area (Å²) in [4.78, 5) is 32.3. The number of hydrogen-bond donors (Lipinski definition) is 0. The van der Waals surface area contributed by atoms with Crippen LogP contribution >= 0.6 is 22.9 Å². The predicted octanol–water partition coefficient (Wildman–Crippen LogP) is 5.83. The van der Waals surface area contributed by atoms with Gasteiger partial charge in [0.25, 0.3) is 5.56 Å². The van der Waals surface area contributed by atoms with Crippen molar-refractivity contribution in [2.45, 2.75) is 40.3 Å². The van der Waals surface area contributed by atoms with E-state index in [4.69, 9.17) is 30.5 Å². The molecule has 0 N–H and O–H groups in total. The Kier molecular flexibility index (Phi) is 9.87. The maximum absolute atomic E-state index is 14.0. The van der Waals surface area contributed by atoms with E-state index in [1.54, 1.807) is 24.5 Å². The molecule has 0 spiro atoms. The topological polar surface area (TPSA) is 88.4 Å². The van der Waals surface area contributed by atoms with Crippen LogP contribution in [0.3, 0.4) is 0 Å². The molecule has 228 valence electrons. The second-order valence-electron chi connectivity index (χ2n) is 9.82. The average Bonchev–Trinajstić information content (AvgIpc) is 3.31. The number of thiazole rings is 1. The van der Waals surface area contributed by atoms with Crippen LogP contribution in [0.4, 0.5) is 0 Å². The van der Waals surface area contributed by atoms with E-state index < -0.39 is 12.0 Å². The molecule has 0 bridgehead atoms. The van der Waals surface area contributed by atoms with E-state index in [1.807, 2.05) is 80.6 Å². The minimum absolute atomic E-state index is 0.205. The molecule has 44 heavy (non-hydrogen) atoms. The average molecular weight is 633 g/mol. The van der Waals surface area contributed by atoms with Crippen LogP contribution in [-0.2, 0) is 16.1 Å². The van der Waals surface area contributed by atoms with Gasteiger partial charge in [0, 0.05) is 10.6 Å². The maximum atomic E-state index is 14.0. The Bertz CT molecular complexity index is 1880. The van der Waals surface area contributed by atoms with Gasteiger partial charge >= 0.3 is 5.97 Å². The maximum Gasteiger partial charge on any atom is 0.338 e. The Morgan fingerprint density at radius 3 is 2.41 bits per heavy atom. The fourth-order valence-corrected chi connectivity index (χ4v) is 6.18. The second kappa shape index (κ2) is 14.0. The van der Waals surface area contributed by atoms with E-state index in [1.165, 1.54) is 11.3 Å². The highest BCUT2D eigenvalue weighted by molar-refractivity contribution is 7.07. The first-order valence-electron chi connectivity index (χ1n) is 14.4. The van der Waals surface area contributed by atoms with Crippen LogP contribution in [-0.4, -0.2) is 30.4 Å². The molecule has 4 aromatic rings. The van der Waals surface area contributed by atoms with E-state index in [2.05, 4.69) is 4.99 Å².